The molecule has 0 saturated carbocycles. The highest BCUT2D eigenvalue weighted by Crippen LogP contribution is 2.40. The quantitative estimate of drug-likeness (QED) is 0.543. The van der Waals surface area contributed by atoms with Crippen LogP contribution in [0.5, 0.6) is 0 Å². The summed E-state index contributed by atoms with van der Waals surface area (Å²) in [6.45, 7) is 0.643. The van der Waals surface area contributed by atoms with Gasteiger partial charge in [-0.3, -0.25) is 0 Å². The van der Waals surface area contributed by atoms with E-state index in [1.165, 1.54) is 12.1 Å². The molecule has 2 aromatic carbocycles. The summed E-state index contributed by atoms with van der Waals surface area (Å²) in [5.74, 6) is -0.856. The Bertz CT molecular complexity index is 867. The Labute approximate surface area is 148 Å². The molecule has 0 aliphatic heterocycles. The second kappa shape index (κ2) is 7.20. The zero-order valence-corrected chi connectivity index (χ0v) is 14.1. The summed E-state index contributed by atoms with van der Waals surface area (Å²) in [5.41, 5.74) is -0.611. The van der Waals surface area contributed by atoms with Crippen molar-refractivity contribution < 1.29 is 22.0 Å². The zero-order chi connectivity index (χ0) is 19.5. The Morgan fingerprint density at radius 3 is 2.31 bits per heavy atom. The van der Waals surface area contributed by atoms with Crippen molar-refractivity contribution in [1.82, 2.24) is 5.32 Å². The maximum atomic E-state index is 13.6. The lowest BCUT2D eigenvalue weighted by Crippen LogP contribution is -2.11. The maximum absolute atomic E-state index is 13.6. The Kier molecular flexibility index (Phi) is 5.41. The predicted molar refractivity (Wildman–Crippen MR) is 92.3 cm³/mol. The van der Waals surface area contributed by atoms with Crippen molar-refractivity contribution in [3.05, 3.63) is 64.9 Å². The number of hydrogen-bond donors (Lipinski definition) is 1. The van der Waals surface area contributed by atoms with Crippen LogP contribution in [0.2, 0.25) is 0 Å². The fraction of sp³-hybridized carbons (Fsp3) is 0.200. The van der Waals surface area contributed by atoms with Crippen molar-refractivity contribution >= 4 is 6.08 Å². The lowest BCUT2D eigenvalue weighted by Gasteiger charge is -2.18. The molecule has 0 saturated heterocycles. The normalized spacial score (nSPS) is 12.6. The van der Waals surface area contributed by atoms with E-state index in [2.05, 4.69) is 11.2 Å². The average Bonchev–Trinajstić information content (AvgIpc) is 2.58. The molecular formula is C20H16F5N. The van der Waals surface area contributed by atoms with Gasteiger partial charge in [-0.15, -0.1) is 6.42 Å². The largest absolute Gasteiger partial charge is 0.417 e. The molecule has 136 valence electrons. The van der Waals surface area contributed by atoms with Gasteiger partial charge < -0.3 is 5.32 Å². The number of nitrogens with one attached hydrogen (secondary N) is 1. The molecule has 0 heterocycles. The smallest absolute Gasteiger partial charge is 0.381 e. The second-order valence-corrected chi connectivity index (χ2v) is 5.72. The summed E-state index contributed by atoms with van der Waals surface area (Å²) < 4.78 is 67.2. The number of rotatable bonds is 4. The molecule has 0 unspecified atom stereocenters. The summed E-state index contributed by atoms with van der Waals surface area (Å²) in [6, 6.07) is 8.47. The van der Waals surface area contributed by atoms with Crippen LogP contribution in [-0.4, -0.2) is 7.05 Å². The molecule has 1 N–H and O–H groups in total. The minimum Gasteiger partial charge on any atom is -0.381 e. The minimum atomic E-state index is -4.67. The lowest BCUT2D eigenvalue weighted by molar-refractivity contribution is -0.137. The predicted octanol–water partition coefficient (Wildman–Crippen LogP) is 5.68. The summed E-state index contributed by atoms with van der Waals surface area (Å²) in [4.78, 5) is 0. The number of terminal acetylenes is 1. The maximum Gasteiger partial charge on any atom is 0.417 e. The molecule has 0 aliphatic carbocycles. The van der Waals surface area contributed by atoms with Gasteiger partial charge in [-0.25, -0.2) is 8.78 Å². The van der Waals surface area contributed by atoms with E-state index in [1.54, 1.807) is 25.3 Å². The van der Waals surface area contributed by atoms with Crippen LogP contribution in [0.3, 0.4) is 0 Å². The molecule has 0 fully saturated rings. The summed E-state index contributed by atoms with van der Waals surface area (Å²) in [6.07, 6.45) is 2.23. The van der Waals surface area contributed by atoms with Crippen molar-refractivity contribution in [2.45, 2.75) is 19.0 Å². The molecule has 0 amide bonds. The van der Waals surface area contributed by atoms with E-state index >= 15 is 0 Å². The van der Waals surface area contributed by atoms with Gasteiger partial charge in [-0.2, -0.15) is 13.2 Å². The monoisotopic (exact) mass is 365 g/mol. The van der Waals surface area contributed by atoms with Crippen LogP contribution in [-0.2, 0) is 12.1 Å². The van der Waals surface area contributed by atoms with Crippen molar-refractivity contribution in [3.63, 3.8) is 0 Å². The molecule has 2 rings (SSSR count). The highest BCUT2D eigenvalue weighted by molar-refractivity contribution is 5.72. The van der Waals surface area contributed by atoms with Gasteiger partial charge in [0.05, 0.1) is 11.3 Å². The summed E-state index contributed by atoms with van der Waals surface area (Å²) in [7, 11) is 1.62. The molecule has 0 aliphatic rings. The molecule has 0 atom stereocenters. The van der Waals surface area contributed by atoms with Crippen molar-refractivity contribution in [1.29, 1.82) is 0 Å². The second-order valence-electron chi connectivity index (χ2n) is 5.72. The Morgan fingerprint density at radius 2 is 1.77 bits per heavy atom. The van der Waals surface area contributed by atoms with E-state index in [0.717, 1.165) is 12.1 Å². The minimum absolute atomic E-state index is 0.171. The SMILES string of the molecule is C#C/C(=C\c1cccc(-c2cc(C(C)(F)F)ccc2C(F)(F)F)c1)NC. The Morgan fingerprint density at radius 1 is 1.08 bits per heavy atom. The van der Waals surface area contributed by atoms with E-state index in [0.29, 0.717) is 24.3 Å². The molecule has 0 aromatic heterocycles. The van der Waals surface area contributed by atoms with Gasteiger partial charge in [0.15, 0.2) is 0 Å². The zero-order valence-electron chi connectivity index (χ0n) is 14.1. The summed E-state index contributed by atoms with van der Waals surface area (Å²) >= 11 is 0. The van der Waals surface area contributed by atoms with Gasteiger partial charge in [-0.1, -0.05) is 30.2 Å². The van der Waals surface area contributed by atoms with E-state index in [9.17, 15) is 22.0 Å². The third-order valence-corrected chi connectivity index (χ3v) is 3.77. The first-order chi connectivity index (χ1) is 12.1. The van der Waals surface area contributed by atoms with Crippen LogP contribution < -0.4 is 5.32 Å². The molecular weight excluding hydrogens is 349 g/mol. The van der Waals surface area contributed by atoms with E-state index in [4.69, 9.17) is 6.42 Å². The molecule has 6 heteroatoms. The standard InChI is InChI=1S/C20H16F5N/c1-4-16(26-3)11-13-6-5-7-14(10-13)17-12-15(19(2,21)22)8-9-18(17)20(23,24)25/h1,5-12,26H,2-3H3/b16-11+. The van der Waals surface area contributed by atoms with Crippen molar-refractivity contribution in [2.24, 2.45) is 0 Å². The van der Waals surface area contributed by atoms with Crippen molar-refractivity contribution in [2.75, 3.05) is 7.05 Å². The van der Waals surface area contributed by atoms with Gasteiger partial charge >= 0.3 is 6.18 Å². The molecule has 1 nitrogen and oxygen atoms in total. The van der Waals surface area contributed by atoms with Gasteiger partial charge in [0, 0.05) is 19.5 Å². The van der Waals surface area contributed by atoms with Crippen LogP contribution in [0, 0.1) is 12.3 Å². The van der Waals surface area contributed by atoms with Crippen LogP contribution in [0.25, 0.3) is 17.2 Å². The molecule has 2 aromatic rings. The first kappa shape index (κ1) is 19.5. The third kappa shape index (κ3) is 4.42. The Balaban J connectivity index is 2.67. The number of benzene rings is 2. The average molecular weight is 365 g/mol. The van der Waals surface area contributed by atoms with Gasteiger partial charge in [0.1, 0.15) is 0 Å². The molecule has 0 radical (unpaired) electrons. The number of halogens is 5. The van der Waals surface area contributed by atoms with E-state index in [-0.39, 0.29) is 11.1 Å². The highest BCUT2D eigenvalue weighted by atomic mass is 19.4. The van der Waals surface area contributed by atoms with E-state index in [1.807, 2.05) is 0 Å². The fourth-order valence-electron chi connectivity index (χ4n) is 2.45. The molecule has 26 heavy (non-hydrogen) atoms. The topological polar surface area (TPSA) is 12.0 Å². The summed E-state index contributed by atoms with van der Waals surface area (Å²) in [5, 5.41) is 2.77. The Hall–Kier alpha value is -2.81. The number of allylic oxidation sites excluding steroid dienone is 1. The fourth-order valence-corrected chi connectivity index (χ4v) is 2.45. The van der Waals surface area contributed by atoms with Crippen LogP contribution >= 0.6 is 0 Å². The van der Waals surface area contributed by atoms with Gasteiger partial charge in [0.2, 0.25) is 0 Å². The van der Waals surface area contributed by atoms with Crippen LogP contribution in [0.4, 0.5) is 22.0 Å². The number of alkyl halides is 5. The number of hydrogen-bond acceptors (Lipinski definition) is 1. The first-order valence-corrected chi connectivity index (χ1v) is 7.62. The first-order valence-electron chi connectivity index (χ1n) is 7.62. The van der Waals surface area contributed by atoms with Crippen LogP contribution in [0.15, 0.2) is 48.2 Å². The lowest BCUT2D eigenvalue weighted by atomic mass is 9.94. The van der Waals surface area contributed by atoms with Gasteiger partial charge in [-0.05, 0) is 41.0 Å². The van der Waals surface area contributed by atoms with E-state index < -0.39 is 23.2 Å². The van der Waals surface area contributed by atoms with Gasteiger partial charge in [0.25, 0.3) is 5.92 Å². The van der Waals surface area contributed by atoms with Crippen molar-refractivity contribution in [3.8, 4) is 23.5 Å². The molecule has 0 spiro atoms. The molecule has 0 bridgehead atoms. The third-order valence-electron chi connectivity index (χ3n) is 3.77. The highest BCUT2D eigenvalue weighted by Gasteiger charge is 2.35. The van der Waals surface area contributed by atoms with Crippen LogP contribution in [0.1, 0.15) is 23.6 Å².